The van der Waals surface area contributed by atoms with Gasteiger partial charge >= 0.3 is 0 Å². The van der Waals surface area contributed by atoms with E-state index in [0.717, 1.165) is 41.2 Å². The lowest BCUT2D eigenvalue weighted by Gasteiger charge is -2.34. The molecule has 1 spiro atoms. The Hall–Kier alpha value is -2.58. The predicted molar refractivity (Wildman–Crippen MR) is 119 cm³/mol. The van der Waals surface area contributed by atoms with Crippen molar-refractivity contribution < 1.29 is 19.1 Å². The number of ether oxygens (including phenoxy) is 2. The summed E-state index contributed by atoms with van der Waals surface area (Å²) in [5.41, 5.74) is 0.712. The fourth-order valence-electron chi connectivity index (χ4n) is 4.51. The fourth-order valence-corrected chi connectivity index (χ4v) is 5.34. The topological polar surface area (TPSA) is 71.1 Å². The number of hydrogen-bond acceptors (Lipinski definition) is 6. The Morgan fingerprint density at radius 2 is 1.77 bits per heavy atom. The molecule has 2 aromatic rings. The number of anilines is 1. The average molecular weight is 442 g/mol. The highest BCUT2D eigenvalue weighted by Gasteiger charge is 2.44. The standard InChI is InChI=1S/C23H27N3O4S/c1-16-4-7-20(31-16)22(28)26-12-10-25(11-13-26)15-21(27)24-17-5-6-18-19(14-17)30-23(29-18)8-2-3-9-23/h4-7,14H,2-3,8-13,15H2,1H3,(H,24,27). The number of rotatable bonds is 4. The summed E-state index contributed by atoms with van der Waals surface area (Å²) in [4.78, 5) is 31.0. The first kappa shape index (κ1) is 20.3. The van der Waals surface area contributed by atoms with Crippen molar-refractivity contribution in [2.24, 2.45) is 0 Å². The molecule has 2 amide bonds. The summed E-state index contributed by atoms with van der Waals surface area (Å²) in [6.07, 6.45) is 4.04. The van der Waals surface area contributed by atoms with Crippen molar-refractivity contribution >= 4 is 28.8 Å². The molecule has 0 atom stereocenters. The van der Waals surface area contributed by atoms with E-state index < -0.39 is 5.79 Å². The van der Waals surface area contributed by atoms with E-state index in [2.05, 4.69) is 10.2 Å². The SMILES string of the molecule is Cc1ccc(C(=O)N2CCN(CC(=O)Nc3ccc4c(c3)OC3(CCCC3)O4)CC2)s1. The quantitative estimate of drug-likeness (QED) is 0.787. The average Bonchev–Trinajstić information content (AvgIpc) is 3.48. The van der Waals surface area contributed by atoms with Gasteiger partial charge in [-0.15, -0.1) is 11.3 Å². The number of amides is 2. The second-order valence-electron chi connectivity index (χ2n) is 8.51. The van der Waals surface area contributed by atoms with E-state index in [1.54, 1.807) is 0 Å². The van der Waals surface area contributed by atoms with Gasteiger partial charge in [0.25, 0.3) is 11.7 Å². The van der Waals surface area contributed by atoms with E-state index in [0.29, 0.717) is 44.2 Å². The maximum Gasteiger partial charge on any atom is 0.264 e. The lowest BCUT2D eigenvalue weighted by molar-refractivity contribution is -0.117. The van der Waals surface area contributed by atoms with Gasteiger partial charge in [0.15, 0.2) is 11.5 Å². The van der Waals surface area contributed by atoms with Crippen molar-refractivity contribution in [3.63, 3.8) is 0 Å². The van der Waals surface area contributed by atoms with Gasteiger partial charge in [-0.1, -0.05) is 0 Å². The predicted octanol–water partition coefficient (Wildman–Crippen LogP) is 3.49. The molecule has 1 aromatic heterocycles. The maximum absolute atomic E-state index is 12.6. The molecule has 1 N–H and O–H groups in total. The minimum atomic E-state index is -0.496. The van der Waals surface area contributed by atoms with E-state index in [4.69, 9.17) is 9.47 Å². The van der Waals surface area contributed by atoms with Crippen LogP contribution in [0.3, 0.4) is 0 Å². The molecule has 1 aliphatic carbocycles. The number of carbonyl (C=O) groups excluding carboxylic acids is 2. The van der Waals surface area contributed by atoms with Crippen molar-refractivity contribution in [3.8, 4) is 11.5 Å². The van der Waals surface area contributed by atoms with Crippen LogP contribution < -0.4 is 14.8 Å². The van der Waals surface area contributed by atoms with E-state index in [1.807, 2.05) is 42.2 Å². The Bertz CT molecular complexity index is 990. The van der Waals surface area contributed by atoms with Crippen LogP contribution in [0.2, 0.25) is 0 Å². The number of fused-ring (bicyclic) bond motifs is 1. The van der Waals surface area contributed by atoms with Crippen molar-refractivity contribution in [3.05, 3.63) is 40.1 Å². The van der Waals surface area contributed by atoms with E-state index in [9.17, 15) is 9.59 Å². The zero-order valence-electron chi connectivity index (χ0n) is 17.7. The van der Waals surface area contributed by atoms with Crippen molar-refractivity contribution in [2.45, 2.75) is 38.4 Å². The third-order valence-electron chi connectivity index (χ3n) is 6.16. The number of benzene rings is 1. The Labute approximate surface area is 185 Å². The third-order valence-corrected chi connectivity index (χ3v) is 7.15. The summed E-state index contributed by atoms with van der Waals surface area (Å²) >= 11 is 1.53. The maximum atomic E-state index is 12.6. The Balaban J connectivity index is 1.12. The van der Waals surface area contributed by atoms with E-state index >= 15 is 0 Å². The monoisotopic (exact) mass is 441 g/mol. The zero-order chi connectivity index (χ0) is 21.4. The normalized spacial score (nSPS) is 19.7. The fraction of sp³-hybridized carbons (Fsp3) is 0.478. The smallest absolute Gasteiger partial charge is 0.264 e. The summed E-state index contributed by atoms with van der Waals surface area (Å²) in [5.74, 6) is 0.979. The van der Waals surface area contributed by atoms with Crippen LogP contribution in [0.15, 0.2) is 30.3 Å². The number of carbonyl (C=O) groups is 2. The molecular weight excluding hydrogens is 414 g/mol. The van der Waals surface area contributed by atoms with Crippen LogP contribution in [0.1, 0.15) is 40.2 Å². The molecule has 2 aliphatic heterocycles. The van der Waals surface area contributed by atoms with Crippen LogP contribution in [-0.4, -0.2) is 60.1 Å². The van der Waals surface area contributed by atoms with Crippen LogP contribution in [-0.2, 0) is 4.79 Å². The highest BCUT2D eigenvalue weighted by atomic mass is 32.1. The molecule has 8 heteroatoms. The molecule has 2 fully saturated rings. The van der Waals surface area contributed by atoms with Gasteiger partial charge in [0.05, 0.1) is 11.4 Å². The molecule has 1 saturated carbocycles. The number of aryl methyl sites for hydroxylation is 1. The second kappa shape index (κ2) is 8.16. The Morgan fingerprint density at radius 3 is 2.48 bits per heavy atom. The number of nitrogens with one attached hydrogen (secondary N) is 1. The summed E-state index contributed by atoms with van der Waals surface area (Å²) in [6.45, 7) is 4.95. The molecule has 0 radical (unpaired) electrons. The summed E-state index contributed by atoms with van der Waals surface area (Å²) in [6, 6.07) is 9.44. The molecule has 5 rings (SSSR count). The van der Waals surface area contributed by atoms with Gasteiger partial charge < -0.3 is 19.7 Å². The first-order chi connectivity index (χ1) is 15.0. The molecular formula is C23H27N3O4S. The Morgan fingerprint density at radius 1 is 1.03 bits per heavy atom. The first-order valence-corrected chi connectivity index (χ1v) is 11.7. The second-order valence-corrected chi connectivity index (χ2v) is 9.80. The molecule has 31 heavy (non-hydrogen) atoms. The van der Waals surface area contributed by atoms with Crippen LogP contribution in [0, 0.1) is 6.92 Å². The third kappa shape index (κ3) is 4.27. The number of thiophene rings is 1. The van der Waals surface area contributed by atoms with Crippen LogP contribution in [0.5, 0.6) is 11.5 Å². The first-order valence-electron chi connectivity index (χ1n) is 10.9. The van der Waals surface area contributed by atoms with Crippen LogP contribution in [0.4, 0.5) is 5.69 Å². The minimum Gasteiger partial charge on any atom is -0.448 e. The molecule has 7 nitrogen and oxygen atoms in total. The van der Waals surface area contributed by atoms with Gasteiger partial charge in [0, 0.05) is 55.7 Å². The molecule has 3 aliphatic rings. The molecule has 3 heterocycles. The van der Waals surface area contributed by atoms with Crippen molar-refractivity contribution in [2.75, 3.05) is 38.0 Å². The lowest BCUT2D eigenvalue weighted by Crippen LogP contribution is -2.50. The summed E-state index contributed by atoms with van der Waals surface area (Å²) in [5, 5.41) is 2.97. The molecule has 0 unspecified atom stereocenters. The zero-order valence-corrected chi connectivity index (χ0v) is 18.5. The lowest BCUT2D eigenvalue weighted by atomic mass is 10.2. The van der Waals surface area contributed by atoms with Gasteiger partial charge in [-0.2, -0.15) is 0 Å². The van der Waals surface area contributed by atoms with Gasteiger partial charge in [0.1, 0.15) is 0 Å². The molecule has 1 aromatic carbocycles. The molecule has 0 bridgehead atoms. The van der Waals surface area contributed by atoms with Crippen molar-refractivity contribution in [1.29, 1.82) is 0 Å². The minimum absolute atomic E-state index is 0.0666. The summed E-state index contributed by atoms with van der Waals surface area (Å²) in [7, 11) is 0. The highest BCUT2D eigenvalue weighted by Crippen LogP contribution is 2.47. The number of piperazine rings is 1. The van der Waals surface area contributed by atoms with Gasteiger partial charge in [-0.3, -0.25) is 14.5 Å². The van der Waals surface area contributed by atoms with E-state index in [-0.39, 0.29) is 11.8 Å². The summed E-state index contributed by atoms with van der Waals surface area (Å²) < 4.78 is 12.1. The van der Waals surface area contributed by atoms with E-state index in [1.165, 1.54) is 11.3 Å². The Kier molecular flexibility index (Phi) is 5.35. The molecule has 1 saturated heterocycles. The largest absolute Gasteiger partial charge is 0.448 e. The number of nitrogens with zero attached hydrogens (tertiary/aromatic N) is 2. The van der Waals surface area contributed by atoms with Gasteiger partial charge in [-0.25, -0.2) is 0 Å². The van der Waals surface area contributed by atoms with Crippen molar-refractivity contribution in [1.82, 2.24) is 9.80 Å². The van der Waals surface area contributed by atoms with Crippen LogP contribution in [0.25, 0.3) is 0 Å². The highest BCUT2D eigenvalue weighted by molar-refractivity contribution is 7.13. The van der Waals surface area contributed by atoms with Crippen LogP contribution >= 0.6 is 11.3 Å². The van der Waals surface area contributed by atoms with Gasteiger partial charge in [-0.05, 0) is 44.0 Å². The molecule has 164 valence electrons. The number of hydrogen-bond donors (Lipinski definition) is 1. The van der Waals surface area contributed by atoms with Gasteiger partial charge in [0.2, 0.25) is 5.91 Å².